The summed E-state index contributed by atoms with van der Waals surface area (Å²) >= 11 is 0. The van der Waals surface area contributed by atoms with Crippen LogP contribution in [0.15, 0.2) is 54.7 Å². The van der Waals surface area contributed by atoms with Crippen LogP contribution in [0.3, 0.4) is 0 Å². The summed E-state index contributed by atoms with van der Waals surface area (Å²) < 4.78 is 1.98. The first-order chi connectivity index (χ1) is 13.1. The van der Waals surface area contributed by atoms with E-state index in [0.29, 0.717) is 0 Å². The van der Waals surface area contributed by atoms with Crippen LogP contribution in [-0.4, -0.2) is 39.0 Å². The van der Waals surface area contributed by atoms with E-state index in [9.17, 15) is 5.11 Å². The number of benzene rings is 2. The lowest BCUT2D eigenvalue weighted by molar-refractivity contribution is 0.0669. The standard InChI is InChI=1S/C23H27N3O/c1-17-8-10-21(11-9-17)26-15-20(14-25-12-4-7-22(27)16-25)23(24-26)19-6-3-5-18(2)13-19/h3,5-6,8-11,13,15,22,27H,4,7,12,14,16H2,1-2H3. The number of β-amino-alcohol motifs (C(OH)–C–C–N with tert-alkyl or cyclic N) is 1. The molecule has 0 saturated carbocycles. The van der Waals surface area contributed by atoms with E-state index in [0.717, 1.165) is 49.4 Å². The highest BCUT2D eigenvalue weighted by molar-refractivity contribution is 5.64. The summed E-state index contributed by atoms with van der Waals surface area (Å²) in [6, 6.07) is 17.0. The number of piperidine rings is 1. The molecule has 0 bridgehead atoms. The van der Waals surface area contributed by atoms with E-state index in [1.165, 1.54) is 16.7 Å². The van der Waals surface area contributed by atoms with Crippen molar-refractivity contribution in [3.63, 3.8) is 0 Å². The van der Waals surface area contributed by atoms with E-state index in [4.69, 9.17) is 5.10 Å². The van der Waals surface area contributed by atoms with Crippen molar-refractivity contribution >= 4 is 0 Å². The van der Waals surface area contributed by atoms with Gasteiger partial charge >= 0.3 is 0 Å². The summed E-state index contributed by atoms with van der Waals surface area (Å²) in [5.74, 6) is 0. The van der Waals surface area contributed by atoms with Gasteiger partial charge in [-0.3, -0.25) is 4.90 Å². The third-order valence-corrected chi connectivity index (χ3v) is 5.25. The van der Waals surface area contributed by atoms with Gasteiger partial charge in [-0.2, -0.15) is 5.10 Å². The summed E-state index contributed by atoms with van der Waals surface area (Å²) in [5, 5.41) is 15.0. The van der Waals surface area contributed by atoms with Crippen molar-refractivity contribution in [3.05, 3.63) is 71.4 Å². The van der Waals surface area contributed by atoms with E-state index >= 15 is 0 Å². The quantitative estimate of drug-likeness (QED) is 0.760. The lowest BCUT2D eigenvalue weighted by Gasteiger charge is -2.29. The zero-order valence-electron chi connectivity index (χ0n) is 16.1. The Labute approximate surface area is 161 Å². The monoisotopic (exact) mass is 361 g/mol. The van der Waals surface area contributed by atoms with Crippen LogP contribution >= 0.6 is 0 Å². The molecule has 1 fully saturated rings. The molecular formula is C23H27N3O. The summed E-state index contributed by atoms with van der Waals surface area (Å²) in [6.07, 6.45) is 3.88. The van der Waals surface area contributed by atoms with E-state index in [1.54, 1.807) is 0 Å². The van der Waals surface area contributed by atoms with Crippen LogP contribution in [0.4, 0.5) is 0 Å². The fraction of sp³-hybridized carbons (Fsp3) is 0.348. The first kappa shape index (κ1) is 18.0. The molecule has 1 N–H and O–H groups in total. The van der Waals surface area contributed by atoms with Gasteiger partial charge in [0.2, 0.25) is 0 Å². The van der Waals surface area contributed by atoms with Crippen LogP contribution in [-0.2, 0) is 6.54 Å². The van der Waals surface area contributed by atoms with Gasteiger partial charge in [0, 0.05) is 30.4 Å². The second-order valence-corrected chi connectivity index (χ2v) is 7.68. The molecule has 1 aliphatic rings. The number of aliphatic hydroxyl groups excluding tert-OH is 1. The maximum atomic E-state index is 10.0. The second-order valence-electron chi connectivity index (χ2n) is 7.68. The number of likely N-dealkylation sites (tertiary alicyclic amines) is 1. The normalized spacial score (nSPS) is 18.0. The molecule has 1 aromatic heterocycles. The lowest BCUT2D eigenvalue weighted by atomic mass is 10.0. The minimum Gasteiger partial charge on any atom is -0.392 e. The number of aryl methyl sites for hydroxylation is 2. The molecule has 1 unspecified atom stereocenters. The molecule has 27 heavy (non-hydrogen) atoms. The maximum Gasteiger partial charge on any atom is 0.0972 e. The number of nitrogens with zero attached hydrogens (tertiary/aromatic N) is 3. The second kappa shape index (κ2) is 7.67. The highest BCUT2D eigenvalue weighted by atomic mass is 16.3. The summed E-state index contributed by atoms with van der Waals surface area (Å²) in [6.45, 7) is 6.79. The molecule has 0 amide bonds. The molecule has 4 nitrogen and oxygen atoms in total. The van der Waals surface area contributed by atoms with Crippen LogP contribution in [0, 0.1) is 13.8 Å². The van der Waals surface area contributed by atoms with E-state index in [-0.39, 0.29) is 6.10 Å². The van der Waals surface area contributed by atoms with Crippen molar-refractivity contribution in [3.8, 4) is 16.9 Å². The van der Waals surface area contributed by atoms with Gasteiger partial charge in [-0.1, -0.05) is 41.5 Å². The fourth-order valence-electron chi connectivity index (χ4n) is 3.81. The van der Waals surface area contributed by atoms with Crippen LogP contribution in [0.2, 0.25) is 0 Å². The SMILES string of the molecule is Cc1ccc(-n2cc(CN3CCCC(O)C3)c(-c3cccc(C)c3)n2)cc1. The first-order valence-electron chi connectivity index (χ1n) is 9.71. The Balaban J connectivity index is 1.71. The van der Waals surface area contributed by atoms with Crippen LogP contribution in [0.5, 0.6) is 0 Å². The Morgan fingerprint density at radius 2 is 1.89 bits per heavy atom. The number of rotatable bonds is 4. The van der Waals surface area contributed by atoms with Gasteiger partial charge in [-0.05, 0) is 51.4 Å². The van der Waals surface area contributed by atoms with Gasteiger partial charge < -0.3 is 5.11 Å². The molecule has 2 heterocycles. The smallest absolute Gasteiger partial charge is 0.0972 e. The van der Waals surface area contributed by atoms with Gasteiger partial charge in [0.05, 0.1) is 17.5 Å². The molecule has 1 saturated heterocycles. The molecule has 1 aliphatic heterocycles. The van der Waals surface area contributed by atoms with Crippen molar-refractivity contribution in [2.45, 2.75) is 39.3 Å². The van der Waals surface area contributed by atoms with Gasteiger partial charge in [-0.15, -0.1) is 0 Å². The molecule has 3 aromatic rings. The van der Waals surface area contributed by atoms with E-state index in [2.05, 4.69) is 73.5 Å². The Kier molecular flexibility index (Phi) is 5.10. The predicted molar refractivity (Wildman–Crippen MR) is 109 cm³/mol. The molecule has 4 heteroatoms. The maximum absolute atomic E-state index is 10.0. The van der Waals surface area contributed by atoms with Crippen LogP contribution < -0.4 is 0 Å². The summed E-state index contributed by atoms with van der Waals surface area (Å²) in [7, 11) is 0. The van der Waals surface area contributed by atoms with Crippen LogP contribution in [0.1, 0.15) is 29.5 Å². The molecule has 140 valence electrons. The number of aromatic nitrogens is 2. The molecular weight excluding hydrogens is 334 g/mol. The zero-order valence-corrected chi connectivity index (χ0v) is 16.1. The van der Waals surface area contributed by atoms with Gasteiger partial charge in [0.1, 0.15) is 0 Å². The Morgan fingerprint density at radius 1 is 1.07 bits per heavy atom. The summed E-state index contributed by atoms with van der Waals surface area (Å²) in [5.41, 5.74) is 6.92. The Bertz CT molecular complexity index is 914. The number of hydrogen-bond donors (Lipinski definition) is 1. The molecule has 1 atom stereocenters. The highest BCUT2D eigenvalue weighted by Crippen LogP contribution is 2.27. The molecule has 0 aliphatic carbocycles. The number of hydrogen-bond acceptors (Lipinski definition) is 3. The third kappa shape index (κ3) is 4.12. The van der Waals surface area contributed by atoms with Gasteiger partial charge in [-0.25, -0.2) is 4.68 Å². The fourth-order valence-corrected chi connectivity index (χ4v) is 3.81. The van der Waals surface area contributed by atoms with Gasteiger partial charge in [0.25, 0.3) is 0 Å². The van der Waals surface area contributed by atoms with Crippen molar-refractivity contribution < 1.29 is 5.11 Å². The predicted octanol–water partition coefficient (Wildman–Crippen LogP) is 4.11. The van der Waals surface area contributed by atoms with Crippen molar-refractivity contribution in [2.75, 3.05) is 13.1 Å². The topological polar surface area (TPSA) is 41.3 Å². The number of aliphatic hydroxyl groups is 1. The minimum absolute atomic E-state index is 0.215. The highest BCUT2D eigenvalue weighted by Gasteiger charge is 2.21. The minimum atomic E-state index is -0.215. The van der Waals surface area contributed by atoms with Crippen molar-refractivity contribution in [2.24, 2.45) is 0 Å². The Hall–Kier alpha value is -2.43. The van der Waals surface area contributed by atoms with Crippen molar-refractivity contribution in [1.29, 1.82) is 0 Å². The molecule has 2 aromatic carbocycles. The van der Waals surface area contributed by atoms with Crippen molar-refractivity contribution in [1.82, 2.24) is 14.7 Å². The molecule has 4 rings (SSSR count). The summed E-state index contributed by atoms with van der Waals surface area (Å²) in [4.78, 5) is 2.34. The van der Waals surface area contributed by atoms with E-state index < -0.39 is 0 Å². The first-order valence-corrected chi connectivity index (χ1v) is 9.71. The zero-order chi connectivity index (χ0) is 18.8. The van der Waals surface area contributed by atoms with E-state index in [1.807, 2.05) is 4.68 Å². The molecule has 0 radical (unpaired) electrons. The third-order valence-electron chi connectivity index (χ3n) is 5.25. The Morgan fingerprint density at radius 3 is 2.63 bits per heavy atom. The van der Waals surface area contributed by atoms with Crippen LogP contribution in [0.25, 0.3) is 16.9 Å². The largest absolute Gasteiger partial charge is 0.392 e. The molecule has 0 spiro atoms. The average molecular weight is 361 g/mol. The lowest BCUT2D eigenvalue weighted by Crippen LogP contribution is -2.37. The average Bonchev–Trinajstić information content (AvgIpc) is 3.06. The van der Waals surface area contributed by atoms with Gasteiger partial charge in [0.15, 0.2) is 0 Å².